The van der Waals surface area contributed by atoms with Gasteiger partial charge in [-0.1, -0.05) is 24.3 Å². The van der Waals surface area contributed by atoms with E-state index in [2.05, 4.69) is 0 Å². The number of hydrogen-bond donors (Lipinski definition) is 0. The Morgan fingerprint density at radius 1 is 1.04 bits per heavy atom. The Morgan fingerprint density at radius 2 is 1.83 bits per heavy atom. The molecular weight excluding hydrogens is 311 g/mol. The average molecular weight is 324 g/mol. The lowest BCUT2D eigenvalue weighted by Crippen LogP contribution is -2.42. The summed E-state index contributed by atoms with van der Waals surface area (Å²) in [5.74, 6) is -2.48. The molecule has 0 unspecified atom stereocenters. The zero-order valence-electron chi connectivity index (χ0n) is 12.7. The minimum absolute atomic E-state index is 0.00891. The van der Waals surface area contributed by atoms with Gasteiger partial charge in [0.25, 0.3) is 11.8 Å². The Kier molecular flexibility index (Phi) is 3.19. The molecule has 0 saturated carbocycles. The van der Waals surface area contributed by atoms with E-state index in [-0.39, 0.29) is 23.6 Å². The summed E-state index contributed by atoms with van der Waals surface area (Å²) in [6, 6.07) is 11.4. The van der Waals surface area contributed by atoms with E-state index in [1.54, 1.807) is 4.90 Å². The normalized spacial score (nSPS) is 15.7. The van der Waals surface area contributed by atoms with E-state index in [4.69, 9.17) is 0 Å². The molecule has 0 spiro atoms. The van der Waals surface area contributed by atoms with Crippen molar-refractivity contribution in [2.45, 2.75) is 6.42 Å². The first-order valence-electron chi connectivity index (χ1n) is 7.61. The summed E-state index contributed by atoms with van der Waals surface area (Å²) in [5, 5.41) is 0. The van der Waals surface area contributed by atoms with Crippen molar-refractivity contribution in [1.82, 2.24) is 4.90 Å². The van der Waals surface area contributed by atoms with E-state index in [0.717, 1.165) is 28.6 Å². The third-order valence-electron chi connectivity index (χ3n) is 4.43. The molecule has 5 nitrogen and oxygen atoms in total. The number of carbonyl (C=O) groups is 3. The standard InChI is InChI=1S/C18H13FN2O3/c19-13-6-3-5-12-16(13)18(24)21(17(12)23)10-15(22)20-9-8-11-4-1-2-7-14(11)20/h1-7H,8-10H2. The number of para-hydroxylation sites is 1. The third kappa shape index (κ3) is 2.03. The molecule has 0 fully saturated rings. The summed E-state index contributed by atoms with van der Waals surface area (Å²) in [4.78, 5) is 39.6. The molecule has 120 valence electrons. The monoisotopic (exact) mass is 324 g/mol. The van der Waals surface area contributed by atoms with Gasteiger partial charge in [-0.15, -0.1) is 0 Å². The van der Waals surface area contributed by atoms with Gasteiger partial charge >= 0.3 is 0 Å². The topological polar surface area (TPSA) is 57.7 Å². The maximum Gasteiger partial charge on any atom is 0.265 e. The van der Waals surface area contributed by atoms with Gasteiger partial charge in [0.15, 0.2) is 0 Å². The van der Waals surface area contributed by atoms with Gasteiger partial charge in [0.2, 0.25) is 5.91 Å². The molecule has 0 bridgehead atoms. The predicted octanol–water partition coefficient (Wildman–Crippen LogP) is 2.01. The highest BCUT2D eigenvalue weighted by Gasteiger charge is 2.40. The van der Waals surface area contributed by atoms with Gasteiger partial charge in [-0.3, -0.25) is 19.3 Å². The molecule has 0 saturated heterocycles. The molecule has 0 N–H and O–H groups in total. The lowest BCUT2D eigenvalue weighted by atomic mass is 10.1. The number of anilines is 1. The van der Waals surface area contributed by atoms with Crippen LogP contribution in [0.1, 0.15) is 26.3 Å². The summed E-state index contributed by atoms with van der Waals surface area (Å²) in [6.07, 6.45) is 0.735. The van der Waals surface area contributed by atoms with Gasteiger partial charge < -0.3 is 4.90 Å². The van der Waals surface area contributed by atoms with Crippen LogP contribution in [0.4, 0.5) is 10.1 Å². The lowest BCUT2D eigenvalue weighted by Gasteiger charge is -2.20. The van der Waals surface area contributed by atoms with Crippen LogP contribution in [0, 0.1) is 5.82 Å². The first-order valence-corrected chi connectivity index (χ1v) is 7.61. The lowest BCUT2D eigenvalue weighted by molar-refractivity contribution is -0.118. The molecular formula is C18H13FN2O3. The minimum Gasteiger partial charge on any atom is -0.310 e. The van der Waals surface area contributed by atoms with Crippen LogP contribution >= 0.6 is 0 Å². The van der Waals surface area contributed by atoms with Crippen molar-refractivity contribution in [3.05, 3.63) is 65.0 Å². The Hall–Kier alpha value is -3.02. The summed E-state index contributed by atoms with van der Waals surface area (Å²) >= 11 is 0. The van der Waals surface area contributed by atoms with Crippen molar-refractivity contribution >= 4 is 23.4 Å². The third-order valence-corrected chi connectivity index (χ3v) is 4.43. The smallest absolute Gasteiger partial charge is 0.265 e. The number of amides is 3. The Labute approximate surface area is 137 Å². The molecule has 0 aromatic heterocycles. The van der Waals surface area contributed by atoms with Crippen molar-refractivity contribution in [3.63, 3.8) is 0 Å². The van der Waals surface area contributed by atoms with Gasteiger partial charge in [-0.2, -0.15) is 0 Å². The SMILES string of the molecule is O=C1c2cccc(F)c2C(=O)N1CC(=O)N1CCc2ccccc21. The van der Waals surface area contributed by atoms with Crippen LogP contribution < -0.4 is 4.90 Å². The van der Waals surface area contributed by atoms with Crippen molar-refractivity contribution in [2.75, 3.05) is 18.0 Å². The number of rotatable bonds is 2. The Balaban J connectivity index is 1.59. The van der Waals surface area contributed by atoms with Crippen molar-refractivity contribution < 1.29 is 18.8 Å². The van der Waals surface area contributed by atoms with Crippen molar-refractivity contribution in [2.24, 2.45) is 0 Å². The van der Waals surface area contributed by atoms with Gasteiger partial charge in [0, 0.05) is 12.2 Å². The van der Waals surface area contributed by atoms with Gasteiger partial charge in [-0.05, 0) is 30.2 Å². The molecule has 0 atom stereocenters. The second kappa shape index (κ2) is 5.26. The summed E-state index contributed by atoms with van der Waals surface area (Å²) in [6.45, 7) is 0.121. The fourth-order valence-electron chi connectivity index (χ4n) is 3.25. The number of nitrogens with zero attached hydrogens (tertiary/aromatic N) is 2. The molecule has 2 heterocycles. The number of fused-ring (bicyclic) bond motifs is 2. The van der Waals surface area contributed by atoms with E-state index in [1.807, 2.05) is 24.3 Å². The van der Waals surface area contributed by atoms with Gasteiger partial charge in [0.05, 0.1) is 11.1 Å². The fourth-order valence-corrected chi connectivity index (χ4v) is 3.25. The zero-order chi connectivity index (χ0) is 16.8. The van der Waals surface area contributed by atoms with E-state index < -0.39 is 17.6 Å². The van der Waals surface area contributed by atoms with E-state index >= 15 is 0 Å². The minimum atomic E-state index is -0.756. The Morgan fingerprint density at radius 3 is 2.62 bits per heavy atom. The molecule has 3 amide bonds. The molecule has 0 aliphatic carbocycles. The highest BCUT2D eigenvalue weighted by atomic mass is 19.1. The number of hydrogen-bond acceptors (Lipinski definition) is 3. The maximum absolute atomic E-state index is 13.8. The average Bonchev–Trinajstić information content (AvgIpc) is 3.11. The van der Waals surface area contributed by atoms with Crippen LogP contribution in [0.25, 0.3) is 0 Å². The summed E-state index contributed by atoms with van der Waals surface area (Å²) in [7, 11) is 0. The maximum atomic E-state index is 13.8. The second-order valence-corrected chi connectivity index (χ2v) is 5.78. The zero-order valence-corrected chi connectivity index (χ0v) is 12.7. The van der Waals surface area contributed by atoms with Crippen LogP contribution in [-0.4, -0.2) is 35.7 Å². The molecule has 2 aliphatic rings. The number of halogens is 1. The molecule has 0 radical (unpaired) electrons. The van der Waals surface area contributed by atoms with Crippen LogP contribution in [0.15, 0.2) is 42.5 Å². The molecule has 2 aromatic rings. The second-order valence-electron chi connectivity index (χ2n) is 5.78. The van der Waals surface area contributed by atoms with Gasteiger partial charge in [-0.25, -0.2) is 4.39 Å². The van der Waals surface area contributed by atoms with Crippen LogP contribution in [0.3, 0.4) is 0 Å². The van der Waals surface area contributed by atoms with E-state index in [9.17, 15) is 18.8 Å². The van der Waals surface area contributed by atoms with Crippen molar-refractivity contribution in [3.8, 4) is 0 Å². The fraction of sp³-hybridized carbons (Fsp3) is 0.167. The van der Waals surface area contributed by atoms with Crippen LogP contribution in [0.2, 0.25) is 0 Å². The number of benzene rings is 2. The summed E-state index contributed by atoms with van der Waals surface area (Å²) in [5.41, 5.74) is 1.61. The molecule has 4 rings (SSSR count). The van der Waals surface area contributed by atoms with Crippen molar-refractivity contribution in [1.29, 1.82) is 0 Å². The predicted molar refractivity (Wildman–Crippen MR) is 84.3 cm³/mol. The Bertz CT molecular complexity index is 894. The number of carbonyl (C=O) groups excluding carboxylic acids is 3. The highest BCUT2D eigenvalue weighted by Crippen LogP contribution is 2.29. The number of imide groups is 1. The van der Waals surface area contributed by atoms with E-state index in [1.165, 1.54) is 12.1 Å². The highest BCUT2D eigenvalue weighted by molar-refractivity contribution is 6.23. The molecule has 2 aromatic carbocycles. The molecule has 2 aliphatic heterocycles. The van der Waals surface area contributed by atoms with Gasteiger partial charge in [0.1, 0.15) is 12.4 Å². The van der Waals surface area contributed by atoms with Crippen LogP contribution in [-0.2, 0) is 11.2 Å². The first kappa shape index (κ1) is 14.6. The quantitative estimate of drug-likeness (QED) is 0.794. The molecule has 24 heavy (non-hydrogen) atoms. The summed E-state index contributed by atoms with van der Waals surface area (Å²) < 4.78 is 13.8. The van der Waals surface area contributed by atoms with Crippen LogP contribution in [0.5, 0.6) is 0 Å². The first-order chi connectivity index (χ1) is 11.6. The largest absolute Gasteiger partial charge is 0.310 e. The van der Waals surface area contributed by atoms with E-state index in [0.29, 0.717) is 6.54 Å². The molecule has 6 heteroatoms.